The molecule has 0 unspecified atom stereocenters. The molecule has 1 heterocycles. The third-order valence-corrected chi connectivity index (χ3v) is 3.88. The maximum Gasteiger partial charge on any atom is 0.328 e. The number of carbonyl (C=O) groups excluding carboxylic acids is 3. The number of carbonyl (C=O) groups is 3. The predicted octanol–water partition coefficient (Wildman–Crippen LogP) is 0.645. The van der Waals surface area contributed by atoms with Gasteiger partial charge in [-0.2, -0.15) is 0 Å². The van der Waals surface area contributed by atoms with E-state index in [0.29, 0.717) is 17.0 Å². The molecule has 0 aromatic heterocycles. The van der Waals surface area contributed by atoms with Crippen molar-refractivity contribution < 1.29 is 28.6 Å². The first-order chi connectivity index (χ1) is 10.4. The molecule has 2 rings (SSSR count). The first-order valence-electron chi connectivity index (χ1n) is 6.54. The van der Waals surface area contributed by atoms with Gasteiger partial charge in [0.25, 0.3) is 0 Å². The standard InChI is InChI=1S/C15H17NO6/c1-16-11-6-5-9(20-2)7-10(11)15(8-12(16)17,13(18)21-3)14(19)22-4/h5-7H,8H2,1-4H3. The number of nitrogens with zero attached hydrogens (tertiary/aromatic N) is 1. The van der Waals surface area contributed by atoms with Crippen molar-refractivity contribution in [2.24, 2.45) is 0 Å². The zero-order valence-electron chi connectivity index (χ0n) is 12.8. The Morgan fingerprint density at radius 2 is 1.73 bits per heavy atom. The molecule has 0 fully saturated rings. The molecule has 0 atom stereocenters. The fourth-order valence-corrected chi connectivity index (χ4v) is 2.65. The van der Waals surface area contributed by atoms with Crippen molar-refractivity contribution >= 4 is 23.5 Å². The zero-order valence-corrected chi connectivity index (χ0v) is 12.8. The average molecular weight is 307 g/mol. The molecule has 7 heteroatoms. The van der Waals surface area contributed by atoms with Gasteiger partial charge in [0.1, 0.15) is 5.75 Å². The summed E-state index contributed by atoms with van der Waals surface area (Å²) in [5.74, 6) is -1.60. The average Bonchev–Trinajstić information content (AvgIpc) is 2.56. The molecule has 0 radical (unpaired) electrons. The van der Waals surface area contributed by atoms with Crippen LogP contribution in [0.3, 0.4) is 0 Å². The van der Waals surface area contributed by atoms with Gasteiger partial charge in [0.15, 0.2) is 0 Å². The Bertz CT molecular complexity index is 623. The van der Waals surface area contributed by atoms with Crippen molar-refractivity contribution in [2.45, 2.75) is 11.8 Å². The van der Waals surface area contributed by atoms with Crippen LogP contribution in [-0.4, -0.2) is 46.2 Å². The van der Waals surface area contributed by atoms with Crippen LogP contribution >= 0.6 is 0 Å². The summed E-state index contributed by atoms with van der Waals surface area (Å²) in [6, 6.07) is 4.81. The Kier molecular flexibility index (Phi) is 4.07. The number of fused-ring (bicyclic) bond motifs is 1. The van der Waals surface area contributed by atoms with Crippen molar-refractivity contribution in [3.05, 3.63) is 23.8 Å². The summed E-state index contributed by atoms with van der Waals surface area (Å²) < 4.78 is 14.7. The fraction of sp³-hybridized carbons (Fsp3) is 0.400. The van der Waals surface area contributed by atoms with Gasteiger partial charge in [-0.3, -0.25) is 14.4 Å². The molecule has 1 aromatic rings. The Balaban J connectivity index is 2.79. The third kappa shape index (κ3) is 2.09. The minimum absolute atomic E-state index is 0.327. The molecule has 1 amide bonds. The van der Waals surface area contributed by atoms with E-state index in [0.717, 1.165) is 14.2 Å². The van der Waals surface area contributed by atoms with E-state index in [9.17, 15) is 14.4 Å². The Morgan fingerprint density at radius 1 is 1.14 bits per heavy atom. The van der Waals surface area contributed by atoms with Gasteiger partial charge < -0.3 is 19.1 Å². The van der Waals surface area contributed by atoms with E-state index in [1.165, 1.54) is 12.0 Å². The van der Waals surface area contributed by atoms with E-state index in [2.05, 4.69) is 0 Å². The van der Waals surface area contributed by atoms with E-state index < -0.39 is 17.4 Å². The van der Waals surface area contributed by atoms with Gasteiger partial charge in [-0.05, 0) is 18.2 Å². The van der Waals surface area contributed by atoms with Gasteiger partial charge in [-0.1, -0.05) is 0 Å². The van der Waals surface area contributed by atoms with E-state index in [4.69, 9.17) is 14.2 Å². The summed E-state index contributed by atoms with van der Waals surface area (Å²) in [5, 5.41) is 0. The Labute approximate surface area is 127 Å². The lowest BCUT2D eigenvalue weighted by Crippen LogP contribution is -2.53. The summed E-state index contributed by atoms with van der Waals surface area (Å²) in [7, 11) is 5.37. The van der Waals surface area contributed by atoms with Gasteiger partial charge in [-0.15, -0.1) is 0 Å². The normalized spacial score (nSPS) is 15.8. The molecule has 0 spiro atoms. The Morgan fingerprint density at radius 3 is 2.23 bits per heavy atom. The lowest BCUT2D eigenvalue weighted by atomic mass is 9.73. The first kappa shape index (κ1) is 15.8. The first-order valence-corrected chi connectivity index (χ1v) is 6.54. The van der Waals surface area contributed by atoms with Crippen LogP contribution in [0.4, 0.5) is 5.69 Å². The Hall–Kier alpha value is -2.57. The number of anilines is 1. The number of ether oxygens (including phenoxy) is 3. The summed E-state index contributed by atoms with van der Waals surface area (Å²) in [6.07, 6.45) is -0.358. The highest BCUT2D eigenvalue weighted by atomic mass is 16.5. The topological polar surface area (TPSA) is 82.1 Å². The van der Waals surface area contributed by atoms with Gasteiger partial charge in [0.05, 0.1) is 27.8 Å². The van der Waals surface area contributed by atoms with Gasteiger partial charge >= 0.3 is 11.9 Å². The maximum atomic E-state index is 12.4. The maximum absolute atomic E-state index is 12.4. The summed E-state index contributed by atoms with van der Waals surface area (Å²) in [4.78, 5) is 38.4. The van der Waals surface area contributed by atoms with Crippen molar-refractivity contribution in [2.75, 3.05) is 33.3 Å². The van der Waals surface area contributed by atoms with E-state index in [1.807, 2.05) is 0 Å². The second kappa shape index (κ2) is 5.67. The van der Waals surface area contributed by atoms with Gasteiger partial charge in [0, 0.05) is 18.3 Å². The van der Waals surface area contributed by atoms with E-state index in [-0.39, 0.29) is 12.3 Å². The molecule has 22 heavy (non-hydrogen) atoms. The van der Waals surface area contributed by atoms with Crippen LogP contribution in [0.1, 0.15) is 12.0 Å². The molecule has 0 bridgehead atoms. The quantitative estimate of drug-likeness (QED) is 0.602. The molecule has 7 nitrogen and oxygen atoms in total. The zero-order chi connectivity index (χ0) is 16.5. The number of esters is 2. The van der Waals surface area contributed by atoms with Crippen LogP contribution < -0.4 is 9.64 Å². The van der Waals surface area contributed by atoms with Gasteiger partial charge in [-0.25, -0.2) is 0 Å². The summed E-state index contributed by atoms with van der Waals surface area (Å²) >= 11 is 0. The number of benzene rings is 1. The molecule has 0 aliphatic carbocycles. The number of amides is 1. The number of hydrogen-bond acceptors (Lipinski definition) is 6. The second-order valence-electron chi connectivity index (χ2n) is 4.90. The molecule has 1 aromatic carbocycles. The summed E-state index contributed by atoms with van der Waals surface area (Å²) in [5.41, 5.74) is -1.06. The molecule has 1 aliphatic rings. The fourth-order valence-electron chi connectivity index (χ4n) is 2.65. The van der Waals surface area contributed by atoms with Crippen molar-refractivity contribution in [1.29, 1.82) is 0 Å². The van der Waals surface area contributed by atoms with Gasteiger partial charge in [0.2, 0.25) is 11.3 Å². The lowest BCUT2D eigenvalue weighted by Gasteiger charge is -2.37. The van der Waals surface area contributed by atoms with Crippen LogP contribution in [0.5, 0.6) is 5.75 Å². The largest absolute Gasteiger partial charge is 0.497 e. The smallest absolute Gasteiger partial charge is 0.328 e. The highest BCUT2D eigenvalue weighted by Gasteiger charge is 2.56. The molecule has 0 saturated heterocycles. The lowest BCUT2D eigenvalue weighted by molar-refractivity contribution is -0.164. The molecular weight excluding hydrogens is 290 g/mol. The van der Waals surface area contributed by atoms with Crippen LogP contribution in [0.2, 0.25) is 0 Å². The van der Waals surface area contributed by atoms with Crippen LogP contribution in [0.15, 0.2) is 18.2 Å². The second-order valence-corrected chi connectivity index (χ2v) is 4.90. The SMILES string of the molecule is COC(=O)C1(C(=O)OC)CC(=O)N(C)c2ccc(OC)cc21. The van der Waals surface area contributed by atoms with Crippen molar-refractivity contribution in [3.63, 3.8) is 0 Å². The minimum atomic E-state index is -1.82. The number of rotatable bonds is 3. The summed E-state index contributed by atoms with van der Waals surface area (Å²) in [6.45, 7) is 0. The molecule has 1 aliphatic heterocycles. The highest BCUT2D eigenvalue weighted by molar-refractivity contribution is 6.15. The minimum Gasteiger partial charge on any atom is -0.497 e. The van der Waals surface area contributed by atoms with Crippen molar-refractivity contribution in [3.8, 4) is 5.75 Å². The number of methoxy groups -OCH3 is 3. The number of hydrogen-bond donors (Lipinski definition) is 0. The molecule has 0 N–H and O–H groups in total. The molecule has 0 saturated carbocycles. The molecular formula is C15H17NO6. The molecule has 118 valence electrons. The predicted molar refractivity (Wildman–Crippen MR) is 76.7 cm³/mol. The monoisotopic (exact) mass is 307 g/mol. The van der Waals surface area contributed by atoms with Crippen molar-refractivity contribution in [1.82, 2.24) is 0 Å². The van der Waals surface area contributed by atoms with E-state index >= 15 is 0 Å². The van der Waals surface area contributed by atoms with Crippen LogP contribution in [0, 0.1) is 0 Å². The third-order valence-electron chi connectivity index (χ3n) is 3.88. The van der Waals surface area contributed by atoms with E-state index in [1.54, 1.807) is 25.2 Å². The highest BCUT2D eigenvalue weighted by Crippen LogP contribution is 2.43. The van der Waals surface area contributed by atoms with Crippen LogP contribution in [-0.2, 0) is 29.3 Å². The van der Waals surface area contributed by atoms with Crippen LogP contribution in [0.25, 0.3) is 0 Å².